The Hall–Kier alpha value is -1.17. The van der Waals surface area contributed by atoms with Crippen molar-refractivity contribution in [3.8, 4) is 0 Å². The van der Waals surface area contributed by atoms with Crippen molar-refractivity contribution < 1.29 is 13.9 Å². The molecule has 0 bridgehead atoms. The number of nitrogens with one attached hydrogen (secondary N) is 1. The maximum atomic E-state index is 13.7. The number of ether oxygens (including phenoxy) is 1. The summed E-state index contributed by atoms with van der Waals surface area (Å²) in [4.78, 5) is 11.8. The topological polar surface area (TPSA) is 64.3 Å². The van der Waals surface area contributed by atoms with E-state index in [0.29, 0.717) is 13.2 Å². The number of carbonyl (C=O) groups excluding carboxylic acids is 1. The SMILES string of the molecule is NC1CCC(OCCNC(=O)c2cccc(Cl)c2F)CC1. The van der Waals surface area contributed by atoms with Crippen molar-refractivity contribution >= 4 is 17.5 Å². The second-order valence-corrected chi connectivity index (χ2v) is 5.67. The van der Waals surface area contributed by atoms with Gasteiger partial charge in [-0.25, -0.2) is 4.39 Å². The molecule has 0 spiro atoms. The molecule has 0 atom stereocenters. The molecular weight excluding hydrogens is 295 g/mol. The molecule has 1 amide bonds. The summed E-state index contributed by atoms with van der Waals surface area (Å²) >= 11 is 5.64. The van der Waals surface area contributed by atoms with Crippen molar-refractivity contribution in [1.82, 2.24) is 5.32 Å². The van der Waals surface area contributed by atoms with Crippen LogP contribution in [0.4, 0.5) is 4.39 Å². The van der Waals surface area contributed by atoms with Crippen LogP contribution in [0.25, 0.3) is 0 Å². The number of nitrogens with two attached hydrogens (primary N) is 1. The van der Waals surface area contributed by atoms with Crippen LogP contribution in [-0.4, -0.2) is 31.2 Å². The summed E-state index contributed by atoms with van der Waals surface area (Å²) < 4.78 is 19.3. The quantitative estimate of drug-likeness (QED) is 0.821. The van der Waals surface area contributed by atoms with Crippen molar-refractivity contribution in [2.75, 3.05) is 13.2 Å². The van der Waals surface area contributed by atoms with Gasteiger partial charge in [-0.05, 0) is 37.8 Å². The minimum atomic E-state index is -0.696. The number of hydrogen-bond acceptors (Lipinski definition) is 3. The molecule has 3 N–H and O–H groups in total. The lowest BCUT2D eigenvalue weighted by Crippen LogP contribution is -2.33. The molecule has 1 aliphatic rings. The van der Waals surface area contributed by atoms with Gasteiger partial charge in [0, 0.05) is 12.6 Å². The number of benzene rings is 1. The van der Waals surface area contributed by atoms with E-state index in [0.717, 1.165) is 25.7 Å². The van der Waals surface area contributed by atoms with Crippen molar-refractivity contribution in [1.29, 1.82) is 0 Å². The van der Waals surface area contributed by atoms with Crippen LogP contribution in [0.2, 0.25) is 5.02 Å². The molecule has 4 nitrogen and oxygen atoms in total. The predicted octanol–water partition coefficient (Wildman–Crippen LogP) is 2.50. The molecule has 1 saturated carbocycles. The normalized spacial score (nSPS) is 22.0. The standard InChI is InChI=1S/C15H20ClFN2O2/c16-13-3-1-2-12(14(13)17)15(20)19-8-9-21-11-6-4-10(18)5-7-11/h1-3,10-11H,4-9,18H2,(H,19,20). The number of hydrogen-bond donors (Lipinski definition) is 2. The van der Waals surface area contributed by atoms with Crippen LogP contribution in [0.3, 0.4) is 0 Å². The average Bonchev–Trinajstić information content (AvgIpc) is 2.48. The summed E-state index contributed by atoms with van der Waals surface area (Å²) in [5, 5.41) is 2.57. The summed E-state index contributed by atoms with van der Waals surface area (Å²) in [5.41, 5.74) is 5.77. The summed E-state index contributed by atoms with van der Waals surface area (Å²) in [7, 11) is 0. The third-order valence-electron chi connectivity index (χ3n) is 3.66. The summed E-state index contributed by atoms with van der Waals surface area (Å²) in [6.07, 6.45) is 4.08. The maximum Gasteiger partial charge on any atom is 0.254 e. The Labute approximate surface area is 128 Å². The summed E-state index contributed by atoms with van der Waals surface area (Å²) in [6, 6.07) is 4.64. The number of halogens is 2. The zero-order chi connectivity index (χ0) is 15.2. The molecule has 1 aromatic carbocycles. The van der Waals surface area contributed by atoms with Crippen LogP contribution >= 0.6 is 11.6 Å². The first kappa shape index (κ1) is 16.2. The number of carbonyl (C=O) groups is 1. The van der Waals surface area contributed by atoms with Gasteiger partial charge in [0.2, 0.25) is 0 Å². The van der Waals surface area contributed by atoms with E-state index in [1.807, 2.05) is 0 Å². The Morgan fingerprint density at radius 2 is 2.10 bits per heavy atom. The largest absolute Gasteiger partial charge is 0.376 e. The van der Waals surface area contributed by atoms with E-state index in [-0.39, 0.29) is 22.7 Å². The zero-order valence-electron chi connectivity index (χ0n) is 11.8. The Balaban J connectivity index is 1.71. The molecule has 0 unspecified atom stereocenters. The van der Waals surface area contributed by atoms with Gasteiger partial charge in [-0.15, -0.1) is 0 Å². The second kappa shape index (κ2) is 7.73. The Morgan fingerprint density at radius 1 is 1.38 bits per heavy atom. The van der Waals surface area contributed by atoms with E-state index >= 15 is 0 Å². The lowest BCUT2D eigenvalue weighted by molar-refractivity contribution is 0.0267. The van der Waals surface area contributed by atoms with E-state index in [2.05, 4.69) is 5.32 Å². The molecule has 6 heteroatoms. The molecule has 1 aromatic rings. The van der Waals surface area contributed by atoms with E-state index in [9.17, 15) is 9.18 Å². The van der Waals surface area contributed by atoms with Crippen molar-refractivity contribution in [3.63, 3.8) is 0 Å². The Bertz CT molecular complexity index is 491. The van der Waals surface area contributed by atoms with Gasteiger partial charge in [-0.1, -0.05) is 17.7 Å². The average molecular weight is 315 g/mol. The van der Waals surface area contributed by atoms with Crippen molar-refractivity contribution in [3.05, 3.63) is 34.6 Å². The minimum Gasteiger partial charge on any atom is -0.376 e. The monoisotopic (exact) mass is 314 g/mol. The molecular formula is C15H20ClFN2O2. The number of rotatable bonds is 5. The highest BCUT2D eigenvalue weighted by molar-refractivity contribution is 6.31. The molecule has 0 saturated heterocycles. The highest BCUT2D eigenvalue weighted by atomic mass is 35.5. The third kappa shape index (κ3) is 4.66. The van der Waals surface area contributed by atoms with Crippen LogP contribution in [0.5, 0.6) is 0 Å². The van der Waals surface area contributed by atoms with Gasteiger partial charge in [0.15, 0.2) is 5.82 Å². The fourth-order valence-corrected chi connectivity index (χ4v) is 2.59. The van der Waals surface area contributed by atoms with Crippen LogP contribution in [0.1, 0.15) is 36.0 Å². The lowest BCUT2D eigenvalue weighted by Gasteiger charge is -2.26. The Morgan fingerprint density at radius 3 is 2.81 bits per heavy atom. The van der Waals surface area contributed by atoms with E-state index in [1.54, 1.807) is 6.07 Å². The molecule has 1 aliphatic carbocycles. The van der Waals surface area contributed by atoms with E-state index in [1.165, 1.54) is 12.1 Å². The summed E-state index contributed by atoms with van der Waals surface area (Å²) in [5.74, 6) is -1.18. The fraction of sp³-hybridized carbons (Fsp3) is 0.533. The highest BCUT2D eigenvalue weighted by Crippen LogP contribution is 2.20. The van der Waals surface area contributed by atoms with E-state index < -0.39 is 11.7 Å². The van der Waals surface area contributed by atoms with E-state index in [4.69, 9.17) is 22.1 Å². The van der Waals surface area contributed by atoms with Crippen molar-refractivity contribution in [2.45, 2.75) is 37.8 Å². The van der Waals surface area contributed by atoms with Gasteiger partial charge in [0.05, 0.1) is 23.3 Å². The van der Waals surface area contributed by atoms with Gasteiger partial charge < -0.3 is 15.8 Å². The predicted molar refractivity (Wildman–Crippen MR) is 79.9 cm³/mol. The highest BCUT2D eigenvalue weighted by Gasteiger charge is 2.19. The molecule has 116 valence electrons. The van der Waals surface area contributed by atoms with Gasteiger partial charge in [-0.3, -0.25) is 4.79 Å². The maximum absolute atomic E-state index is 13.7. The molecule has 0 radical (unpaired) electrons. The molecule has 21 heavy (non-hydrogen) atoms. The van der Waals surface area contributed by atoms with Gasteiger partial charge in [0.25, 0.3) is 5.91 Å². The van der Waals surface area contributed by atoms with Crippen molar-refractivity contribution in [2.24, 2.45) is 5.73 Å². The zero-order valence-corrected chi connectivity index (χ0v) is 12.5. The number of amides is 1. The Kier molecular flexibility index (Phi) is 5.96. The first-order valence-electron chi connectivity index (χ1n) is 7.17. The molecule has 0 aromatic heterocycles. The van der Waals surface area contributed by atoms with Crippen LogP contribution in [0.15, 0.2) is 18.2 Å². The van der Waals surface area contributed by atoms with Gasteiger partial charge in [0.1, 0.15) is 0 Å². The third-order valence-corrected chi connectivity index (χ3v) is 3.95. The van der Waals surface area contributed by atoms with Gasteiger partial charge >= 0.3 is 0 Å². The fourth-order valence-electron chi connectivity index (χ4n) is 2.42. The summed E-state index contributed by atoms with van der Waals surface area (Å²) in [6.45, 7) is 0.751. The molecule has 2 rings (SSSR count). The first-order valence-corrected chi connectivity index (χ1v) is 7.55. The van der Waals surface area contributed by atoms with Crippen LogP contribution < -0.4 is 11.1 Å². The van der Waals surface area contributed by atoms with Crippen LogP contribution in [-0.2, 0) is 4.74 Å². The van der Waals surface area contributed by atoms with Gasteiger partial charge in [-0.2, -0.15) is 0 Å². The van der Waals surface area contributed by atoms with Crippen LogP contribution in [0, 0.1) is 5.82 Å². The molecule has 1 fully saturated rings. The lowest BCUT2D eigenvalue weighted by atomic mass is 9.94. The molecule has 0 aliphatic heterocycles. The smallest absolute Gasteiger partial charge is 0.254 e. The minimum absolute atomic E-state index is 0.0499. The molecule has 0 heterocycles. The first-order chi connectivity index (χ1) is 10.1. The second-order valence-electron chi connectivity index (χ2n) is 5.26.